The molecule has 130 valence electrons. The molecule has 0 spiro atoms. The van der Waals surface area contributed by atoms with Gasteiger partial charge in [0, 0.05) is 38.1 Å². The third-order valence-electron chi connectivity index (χ3n) is 3.24. The molecule has 0 fully saturated rings. The van der Waals surface area contributed by atoms with Gasteiger partial charge in [0.25, 0.3) is 5.91 Å². The summed E-state index contributed by atoms with van der Waals surface area (Å²) in [6.07, 6.45) is 1.14. The molecule has 0 radical (unpaired) electrons. The molecule has 1 aromatic carbocycles. The molecular formula is C16H25NO5S. The Morgan fingerprint density at radius 2 is 1.48 bits per heavy atom. The highest BCUT2D eigenvalue weighted by Crippen LogP contribution is 2.12. The van der Waals surface area contributed by atoms with Crippen LogP contribution in [0.25, 0.3) is 0 Å². The minimum absolute atomic E-state index is 0.163. The number of hydrogen-bond acceptors (Lipinski definition) is 5. The summed E-state index contributed by atoms with van der Waals surface area (Å²) in [7, 11) is -3.27. The smallest absolute Gasteiger partial charge is 0.254 e. The van der Waals surface area contributed by atoms with Gasteiger partial charge >= 0.3 is 0 Å². The zero-order valence-corrected chi connectivity index (χ0v) is 14.8. The molecule has 0 atom stereocenters. The molecule has 1 amide bonds. The first kappa shape index (κ1) is 19.6. The van der Waals surface area contributed by atoms with Gasteiger partial charge in [-0.15, -0.1) is 0 Å². The van der Waals surface area contributed by atoms with E-state index in [-0.39, 0.29) is 10.8 Å². The van der Waals surface area contributed by atoms with Crippen molar-refractivity contribution in [2.45, 2.75) is 18.7 Å². The summed E-state index contributed by atoms with van der Waals surface area (Å²) in [5.74, 6) is -0.163. The SMILES string of the molecule is CCOCCN(CCOCC)C(=O)c1ccc(S(C)(=O)=O)cc1. The fourth-order valence-corrected chi connectivity index (χ4v) is 2.61. The molecule has 0 bridgehead atoms. The van der Waals surface area contributed by atoms with Gasteiger partial charge in [0.2, 0.25) is 0 Å². The maximum atomic E-state index is 12.6. The Bertz CT molecular complexity index is 573. The highest BCUT2D eigenvalue weighted by atomic mass is 32.2. The average Bonchev–Trinajstić information content (AvgIpc) is 2.52. The van der Waals surface area contributed by atoms with E-state index in [1.807, 2.05) is 13.8 Å². The second kappa shape index (κ2) is 9.64. The number of carbonyl (C=O) groups excluding carboxylic acids is 1. The Hall–Kier alpha value is -1.44. The predicted molar refractivity (Wildman–Crippen MR) is 88.4 cm³/mol. The van der Waals surface area contributed by atoms with Crippen LogP contribution in [0.3, 0.4) is 0 Å². The fourth-order valence-electron chi connectivity index (χ4n) is 1.98. The monoisotopic (exact) mass is 343 g/mol. The largest absolute Gasteiger partial charge is 0.380 e. The summed E-state index contributed by atoms with van der Waals surface area (Å²) < 4.78 is 33.5. The number of benzene rings is 1. The molecule has 6 nitrogen and oxygen atoms in total. The van der Waals surface area contributed by atoms with Gasteiger partial charge in [-0.1, -0.05) is 0 Å². The van der Waals surface area contributed by atoms with E-state index in [1.54, 1.807) is 4.90 Å². The first-order valence-electron chi connectivity index (χ1n) is 7.65. The van der Waals surface area contributed by atoms with Crippen molar-refractivity contribution in [1.82, 2.24) is 4.90 Å². The first-order valence-corrected chi connectivity index (χ1v) is 9.54. The minimum Gasteiger partial charge on any atom is -0.380 e. The summed E-state index contributed by atoms with van der Waals surface area (Å²) in [4.78, 5) is 14.4. The van der Waals surface area contributed by atoms with Crippen LogP contribution >= 0.6 is 0 Å². The molecule has 0 N–H and O–H groups in total. The number of ether oxygens (including phenoxy) is 2. The average molecular weight is 343 g/mol. The topological polar surface area (TPSA) is 72.9 Å². The van der Waals surface area contributed by atoms with E-state index >= 15 is 0 Å². The molecule has 0 unspecified atom stereocenters. The molecule has 0 saturated carbocycles. The van der Waals surface area contributed by atoms with Crippen LogP contribution < -0.4 is 0 Å². The molecular weight excluding hydrogens is 318 g/mol. The molecule has 0 aliphatic heterocycles. The number of rotatable bonds is 10. The van der Waals surface area contributed by atoms with Crippen LogP contribution in [-0.2, 0) is 19.3 Å². The van der Waals surface area contributed by atoms with Crippen molar-refractivity contribution in [3.63, 3.8) is 0 Å². The van der Waals surface area contributed by atoms with Gasteiger partial charge in [-0.3, -0.25) is 4.79 Å². The second-order valence-electron chi connectivity index (χ2n) is 4.98. The van der Waals surface area contributed by atoms with Crippen LogP contribution in [0.15, 0.2) is 29.2 Å². The molecule has 23 heavy (non-hydrogen) atoms. The summed E-state index contributed by atoms with van der Waals surface area (Å²) in [5.41, 5.74) is 0.449. The Balaban J connectivity index is 2.80. The van der Waals surface area contributed by atoms with Gasteiger partial charge in [-0.2, -0.15) is 0 Å². The third-order valence-corrected chi connectivity index (χ3v) is 4.36. The molecule has 0 saturated heterocycles. The van der Waals surface area contributed by atoms with Crippen molar-refractivity contribution in [2.75, 3.05) is 45.8 Å². The summed E-state index contributed by atoms with van der Waals surface area (Å²) in [5, 5.41) is 0. The molecule has 0 aliphatic rings. The normalized spacial score (nSPS) is 11.4. The van der Waals surface area contributed by atoms with Crippen molar-refractivity contribution >= 4 is 15.7 Å². The first-order chi connectivity index (χ1) is 10.9. The summed E-state index contributed by atoms with van der Waals surface area (Å²) >= 11 is 0. The standard InChI is InChI=1S/C16H25NO5S/c1-4-21-12-10-17(11-13-22-5-2)16(18)14-6-8-15(9-7-14)23(3,19)20/h6-9H,4-5,10-13H2,1-3H3. The molecule has 0 aromatic heterocycles. The molecule has 1 rings (SSSR count). The fraction of sp³-hybridized carbons (Fsp3) is 0.562. The molecule has 7 heteroatoms. The van der Waals surface area contributed by atoms with Crippen LogP contribution in [0.1, 0.15) is 24.2 Å². The summed E-state index contributed by atoms with van der Waals surface area (Å²) in [6.45, 7) is 6.83. The highest BCUT2D eigenvalue weighted by molar-refractivity contribution is 7.90. The Kier molecular flexibility index (Phi) is 8.22. The zero-order chi connectivity index (χ0) is 17.3. The lowest BCUT2D eigenvalue weighted by atomic mass is 10.2. The van der Waals surface area contributed by atoms with Gasteiger partial charge in [0.1, 0.15) is 0 Å². The van der Waals surface area contributed by atoms with E-state index < -0.39 is 9.84 Å². The van der Waals surface area contributed by atoms with Crippen molar-refractivity contribution in [3.8, 4) is 0 Å². The van der Waals surface area contributed by atoms with Crippen LogP contribution in [0.2, 0.25) is 0 Å². The minimum atomic E-state index is -3.27. The number of nitrogens with zero attached hydrogens (tertiary/aromatic N) is 1. The van der Waals surface area contributed by atoms with E-state index in [1.165, 1.54) is 24.3 Å². The summed E-state index contributed by atoms with van der Waals surface area (Å²) in [6, 6.07) is 5.97. The van der Waals surface area contributed by atoms with Crippen LogP contribution in [0.4, 0.5) is 0 Å². The van der Waals surface area contributed by atoms with Crippen LogP contribution in [0.5, 0.6) is 0 Å². The number of carbonyl (C=O) groups is 1. The lowest BCUT2D eigenvalue weighted by molar-refractivity contribution is 0.0550. The van der Waals surface area contributed by atoms with Gasteiger partial charge in [-0.25, -0.2) is 8.42 Å². The third kappa shape index (κ3) is 6.68. The number of amides is 1. The van der Waals surface area contributed by atoms with Gasteiger partial charge in [0.05, 0.1) is 18.1 Å². The van der Waals surface area contributed by atoms with E-state index in [2.05, 4.69) is 0 Å². The Morgan fingerprint density at radius 1 is 1.00 bits per heavy atom. The molecule has 0 aliphatic carbocycles. The van der Waals surface area contributed by atoms with Crippen molar-refractivity contribution in [1.29, 1.82) is 0 Å². The van der Waals surface area contributed by atoms with E-state index in [9.17, 15) is 13.2 Å². The Labute approximate surface area is 138 Å². The number of sulfone groups is 1. The van der Waals surface area contributed by atoms with E-state index in [4.69, 9.17) is 9.47 Å². The maximum absolute atomic E-state index is 12.6. The van der Waals surface area contributed by atoms with Crippen molar-refractivity contribution < 1.29 is 22.7 Å². The molecule has 0 heterocycles. The number of hydrogen-bond donors (Lipinski definition) is 0. The zero-order valence-electron chi connectivity index (χ0n) is 13.9. The van der Waals surface area contributed by atoms with Gasteiger partial charge in [0.15, 0.2) is 9.84 Å². The lowest BCUT2D eigenvalue weighted by Crippen LogP contribution is -2.36. The van der Waals surface area contributed by atoms with Crippen molar-refractivity contribution in [3.05, 3.63) is 29.8 Å². The highest BCUT2D eigenvalue weighted by Gasteiger charge is 2.16. The van der Waals surface area contributed by atoms with Gasteiger partial charge < -0.3 is 14.4 Å². The molecule has 1 aromatic rings. The lowest BCUT2D eigenvalue weighted by Gasteiger charge is -2.22. The Morgan fingerprint density at radius 3 is 1.87 bits per heavy atom. The van der Waals surface area contributed by atoms with E-state index in [0.29, 0.717) is 45.1 Å². The van der Waals surface area contributed by atoms with Crippen LogP contribution in [0, 0.1) is 0 Å². The maximum Gasteiger partial charge on any atom is 0.254 e. The van der Waals surface area contributed by atoms with Crippen molar-refractivity contribution in [2.24, 2.45) is 0 Å². The van der Waals surface area contributed by atoms with E-state index in [0.717, 1.165) is 6.26 Å². The van der Waals surface area contributed by atoms with Gasteiger partial charge in [-0.05, 0) is 38.1 Å². The quantitative estimate of drug-likeness (QED) is 0.604. The predicted octanol–water partition coefficient (Wildman–Crippen LogP) is 1.61. The van der Waals surface area contributed by atoms with Crippen LogP contribution in [-0.4, -0.2) is 65.0 Å². The second-order valence-corrected chi connectivity index (χ2v) is 7.00.